The fraction of sp³-hybridized carbons (Fsp3) is 0.286. The molecule has 0 fully saturated rings. The Morgan fingerprint density at radius 2 is 1.70 bits per heavy atom. The topological polar surface area (TPSA) is 75.1 Å². The molecule has 0 radical (unpaired) electrons. The van der Waals surface area contributed by atoms with Crippen LogP contribution < -0.4 is 10.7 Å². The lowest BCUT2D eigenvalue weighted by Gasteiger charge is -2.11. The Morgan fingerprint density at radius 1 is 1.04 bits per heavy atom. The first kappa shape index (κ1) is 16.7. The summed E-state index contributed by atoms with van der Waals surface area (Å²) in [7, 11) is 0. The van der Waals surface area contributed by atoms with Crippen molar-refractivity contribution in [1.82, 2.24) is 15.0 Å². The van der Waals surface area contributed by atoms with Gasteiger partial charge in [0, 0.05) is 6.04 Å². The molecule has 1 aromatic heterocycles. The number of aromatic nitrogens is 3. The van der Waals surface area contributed by atoms with Crippen molar-refractivity contribution >= 4 is 18.1 Å². The molecule has 0 aliphatic heterocycles. The normalized spacial score (nSPS) is 11.9. The molecule has 0 atom stereocenters. The largest absolute Gasteiger partial charge is 0.451 e. The van der Waals surface area contributed by atoms with E-state index in [2.05, 4.69) is 30.8 Å². The van der Waals surface area contributed by atoms with Crippen molar-refractivity contribution in [2.75, 3.05) is 10.7 Å². The molecule has 23 heavy (non-hydrogen) atoms. The van der Waals surface area contributed by atoms with E-state index in [1.807, 2.05) is 18.2 Å². The minimum Gasteiger partial charge on any atom is -0.352 e. The van der Waals surface area contributed by atoms with Crippen molar-refractivity contribution in [3.05, 3.63) is 41.7 Å². The highest BCUT2D eigenvalue weighted by molar-refractivity contribution is 5.79. The van der Waals surface area contributed by atoms with Gasteiger partial charge in [-0.3, -0.25) is 0 Å². The molecule has 2 N–H and O–H groups in total. The maximum Gasteiger partial charge on any atom is 0.451 e. The van der Waals surface area contributed by atoms with Gasteiger partial charge in [0.1, 0.15) is 0 Å². The van der Waals surface area contributed by atoms with Crippen molar-refractivity contribution in [2.24, 2.45) is 5.10 Å². The van der Waals surface area contributed by atoms with E-state index in [9.17, 15) is 13.2 Å². The second kappa shape index (κ2) is 7.03. The molecule has 0 spiro atoms. The number of nitrogens with zero attached hydrogens (tertiary/aromatic N) is 4. The first-order valence-corrected chi connectivity index (χ1v) is 6.78. The van der Waals surface area contributed by atoms with Gasteiger partial charge in [-0.05, 0) is 19.4 Å². The first-order chi connectivity index (χ1) is 10.8. The average molecular weight is 324 g/mol. The number of benzene rings is 1. The van der Waals surface area contributed by atoms with Crippen molar-refractivity contribution in [3.63, 3.8) is 0 Å². The van der Waals surface area contributed by atoms with E-state index in [1.54, 1.807) is 26.0 Å². The van der Waals surface area contributed by atoms with E-state index >= 15 is 0 Å². The van der Waals surface area contributed by atoms with Gasteiger partial charge in [-0.15, -0.1) is 0 Å². The maximum absolute atomic E-state index is 12.8. The number of alkyl halides is 3. The number of nitrogens with one attached hydrogen (secondary N) is 2. The number of anilines is 2. The summed E-state index contributed by atoms with van der Waals surface area (Å²) in [5, 5.41) is 6.54. The molecule has 0 unspecified atom stereocenters. The summed E-state index contributed by atoms with van der Waals surface area (Å²) in [6.07, 6.45) is -3.22. The third-order valence-electron chi connectivity index (χ3n) is 2.48. The van der Waals surface area contributed by atoms with Crippen LogP contribution in [0.1, 0.15) is 25.2 Å². The number of rotatable bonds is 5. The van der Waals surface area contributed by atoms with Gasteiger partial charge in [-0.25, -0.2) is 5.43 Å². The molecule has 0 bridgehead atoms. The van der Waals surface area contributed by atoms with Gasteiger partial charge in [0.05, 0.1) is 6.21 Å². The van der Waals surface area contributed by atoms with E-state index in [0.29, 0.717) is 0 Å². The Bertz CT molecular complexity index is 670. The van der Waals surface area contributed by atoms with Gasteiger partial charge >= 0.3 is 6.18 Å². The highest BCUT2D eigenvalue weighted by Crippen LogP contribution is 2.27. The minimum absolute atomic E-state index is 0.126. The molecule has 0 aliphatic rings. The van der Waals surface area contributed by atoms with Crippen LogP contribution in [0.5, 0.6) is 0 Å². The Balaban J connectivity index is 2.21. The average Bonchev–Trinajstić information content (AvgIpc) is 2.46. The molecule has 122 valence electrons. The van der Waals surface area contributed by atoms with Crippen LogP contribution in [-0.2, 0) is 6.18 Å². The molecule has 9 heteroatoms. The highest BCUT2D eigenvalue weighted by Gasteiger charge is 2.36. The standard InChI is InChI=1S/C14H15F3N6/c1-9(2)19-12-20-11(14(15,16)17)21-13(22-12)23-18-8-10-6-4-3-5-7-10/h3-9H,1-2H3,(H2,19,20,21,22,23)/b18-8+. The molecule has 2 rings (SSSR count). The molecule has 0 amide bonds. The lowest BCUT2D eigenvalue weighted by Crippen LogP contribution is -2.19. The second-order valence-corrected chi connectivity index (χ2v) is 4.88. The molecule has 1 aromatic carbocycles. The first-order valence-electron chi connectivity index (χ1n) is 6.78. The lowest BCUT2D eigenvalue weighted by molar-refractivity contribution is -0.144. The summed E-state index contributed by atoms with van der Waals surface area (Å²) >= 11 is 0. The van der Waals surface area contributed by atoms with E-state index in [4.69, 9.17) is 0 Å². The number of hydrogen-bond donors (Lipinski definition) is 2. The molecule has 1 heterocycles. The molecule has 2 aromatic rings. The summed E-state index contributed by atoms with van der Waals surface area (Å²) < 4.78 is 38.5. The molecule has 6 nitrogen and oxygen atoms in total. The predicted octanol–water partition coefficient (Wildman–Crippen LogP) is 3.16. The molecular weight excluding hydrogens is 309 g/mol. The van der Waals surface area contributed by atoms with Crippen LogP contribution in [0, 0.1) is 0 Å². The van der Waals surface area contributed by atoms with E-state index in [0.717, 1.165) is 5.56 Å². The zero-order valence-electron chi connectivity index (χ0n) is 12.5. The van der Waals surface area contributed by atoms with Crippen LogP contribution >= 0.6 is 0 Å². The SMILES string of the molecule is CC(C)Nc1nc(N/N=C/c2ccccc2)nc(C(F)(F)F)n1. The maximum atomic E-state index is 12.8. The summed E-state index contributed by atoms with van der Waals surface area (Å²) in [4.78, 5) is 10.6. The minimum atomic E-state index is -4.67. The number of hydrazone groups is 1. The third-order valence-corrected chi connectivity index (χ3v) is 2.48. The van der Waals surface area contributed by atoms with Gasteiger partial charge in [0.25, 0.3) is 0 Å². The van der Waals surface area contributed by atoms with Gasteiger partial charge in [0.15, 0.2) is 0 Å². The fourth-order valence-corrected chi connectivity index (χ4v) is 1.58. The summed E-state index contributed by atoms with van der Waals surface area (Å²) in [6, 6.07) is 8.94. The zero-order valence-corrected chi connectivity index (χ0v) is 12.5. The summed E-state index contributed by atoms with van der Waals surface area (Å²) in [6.45, 7) is 3.52. The van der Waals surface area contributed by atoms with Gasteiger partial charge in [-0.1, -0.05) is 30.3 Å². The monoisotopic (exact) mass is 324 g/mol. The fourth-order valence-electron chi connectivity index (χ4n) is 1.58. The van der Waals surface area contributed by atoms with Crippen LogP contribution in [0.2, 0.25) is 0 Å². The Morgan fingerprint density at radius 3 is 2.30 bits per heavy atom. The molecule has 0 aliphatic carbocycles. The van der Waals surface area contributed by atoms with Crippen molar-refractivity contribution in [3.8, 4) is 0 Å². The zero-order chi connectivity index (χ0) is 16.9. The van der Waals surface area contributed by atoms with E-state index in [1.165, 1.54) is 6.21 Å². The molecule has 0 saturated heterocycles. The van der Waals surface area contributed by atoms with Gasteiger partial charge in [-0.2, -0.15) is 33.2 Å². The lowest BCUT2D eigenvalue weighted by atomic mass is 10.2. The number of halogens is 3. The van der Waals surface area contributed by atoms with Crippen LogP contribution in [0.15, 0.2) is 35.4 Å². The quantitative estimate of drug-likeness (QED) is 0.653. The van der Waals surface area contributed by atoms with Gasteiger partial charge in [0.2, 0.25) is 17.7 Å². The van der Waals surface area contributed by atoms with Crippen LogP contribution in [0.25, 0.3) is 0 Å². The van der Waals surface area contributed by atoms with Crippen LogP contribution in [-0.4, -0.2) is 27.2 Å². The van der Waals surface area contributed by atoms with Crippen molar-refractivity contribution in [1.29, 1.82) is 0 Å². The Labute approximate surface area is 130 Å². The van der Waals surface area contributed by atoms with E-state index in [-0.39, 0.29) is 17.9 Å². The Hall–Kier alpha value is -2.71. The van der Waals surface area contributed by atoms with Crippen molar-refractivity contribution in [2.45, 2.75) is 26.1 Å². The highest BCUT2D eigenvalue weighted by atomic mass is 19.4. The predicted molar refractivity (Wildman–Crippen MR) is 81.2 cm³/mol. The third kappa shape index (κ3) is 5.20. The molecule has 0 saturated carbocycles. The van der Waals surface area contributed by atoms with Crippen LogP contribution in [0.4, 0.5) is 25.1 Å². The second-order valence-electron chi connectivity index (χ2n) is 4.88. The van der Waals surface area contributed by atoms with Gasteiger partial charge < -0.3 is 5.32 Å². The van der Waals surface area contributed by atoms with E-state index < -0.39 is 12.0 Å². The number of hydrogen-bond acceptors (Lipinski definition) is 6. The molecular formula is C14H15F3N6. The smallest absolute Gasteiger partial charge is 0.352 e. The van der Waals surface area contributed by atoms with Crippen molar-refractivity contribution < 1.29 is 13.2 Å². The summed E-state index contributed by atoms with van der Waals surface area (Å²) in [5.74, 6) is -1.74. The Kier molecular flexibility index (Phi) is 5.09. The van der Waals surface area contributed by atoms with Crippen LogP contribution in [0.3, 0.4) is 0 Å². The summed E-state index contributed by atoms with van der Waals surface area (Å²) in [5.41, 5.74) is 3.17.